The van der Waals surface area contributed by atoms with Gasteiger partial charge in [-0.25, -0.2) is 4.79 Å². The van der Waals surface area contributed by atoms with Gasteiger partial charge >= 0.3 is 12.1 Å². The van der Waals surface area contributed by atoms with E-state index in [4.69, 9.17) is 14.6 Å². The molecular formula is C24H23F3O4. The molecule has 1 heterocycles. The zero-order valence-electron chi connectivity index (χ0n) is 17.0. The van der Waals surface area contributed by atoms with E-state index in [0.717, 1.165) is 24.6 Å². The van der Waals surface area contributed by atoms with Gasteiger partial charge in [0.05, 0.1) is 30.8 Å². The second kappa shape index (κ2) is 9.39. The maximum absolute atomic E-state index is 12.9. The summed E-state index contributed by atoms with van der Waals surface area (Å²) >= 11 is 0. The Bertz CT molecular complexity index is 966. The van der Waals surface area contributed by atoms with Gasteiger partial charge in [-0.15, -0.1) is 0 Å². The quantitative estimate of drug-likeness (QED) is 0.437. The number of hydrogen-bond donors (Lipinski definition) is 1. The number of alkyl halides is 3. The minimum absolute atomic E-state index is 0.00627. The van der Waals surface area contributed by atoms with Gasteiger partial charge in [0, 0.05) is 6.08 Å². The van der Waals surface area contributed by atoms with Crippen LogP contribution in [0.2, 0.25) is 0 Å². The molecule has 2 aromatic carbocycles. The second-order valence-electron chi connectivity index (χ2n) is 7.52. The molecule has 1 aliphatic heterocycles. The van der Waals surface area contributed by atoms with Crippen LogP contribution in [-0.2, 0) is 15.7 Å². The zero-order valence-corrected chi connectivity index (χ0v) is 17.0. The lowest BCUT2D eigenvalue weighted by Gasteiger charge is -2.40. The summed E-state index contributed by atoms with van der Waals surface area (Å²) in [6.07, 6.45) is 0.374. The average molecular weight is 432 g/mol. The van der Waals surface area contributed by atoms with E-state index in [9.17, 15) is 18.0 Å². The Kier molecular flexibility index (Phi) is 6.85. The minimum atomic E-state index is -4.43. The van der Waals surface area contributed by atoms with Crippen molar-refractivity contribution in [3.8, 4) is 5.75 Å². The molecule has 1 saturated heterocycles. The number of halogens is 3. The van der Waals surface area contributed by atoms with Gasteiger partial charge in [-0.3, -0.25) is 0 Å². The van der Waals surface area contributed by atoms with E-state index in [-0.39, 0.29) is 5.41 Å². The number of aliphatic carboxylic acids is 1. The summed E-state index contributed by atoms with van der Waals surface area (Å²) in [7, 11) is 0. The minimum Gasteiger partial charge on any atom is -0.493 e. The number of carbonyl (C=O) groups is 1. The molecule has 31 heavy (non-hydrogen) atoms. The van der Waals surface area contributed by atoms with Crippen molar-refractivity contribution in [2.24, 2.45) is 5.41 Å². The molecule has 164 valence electrons. The van der Waals surface area contributed by atoms with Crippen molar-refractivity contribution in [2.45, 2.75) is 19.5 Å². The Hall–Kier alpha value is -3.06. The van der Waals surface area contributed by atoms with E-state index in [1.54, 1.807) is 24.3 Å². The van der Waals surface area contributed by atoms with Gasteiger partial charge in [0.2, 0.25) is 0 Å². The van der Waals surface area contributed by atoms with Gasteiger partial charge in [-0.1, -0.05) is 43.3 Å². The fourth-order valence-electron chi connectivity index (χ4n) is 3.19. The van der Waals surface area contributed by atoms with Crippen LogP contribution >= 0.6 is 0 Å². The largest absolute Gasteiger partial charge is 0.493 e. The number of rotatable bonds is 8. The molecule has 1 fully saturated rings. The van der Waals surface area contributed by atoms with Crippen LogP contribution < -0.4 is 4.74 Å². The molecule has 1 aliphatic rings. The summed E-state index contributed by atoms with van der Waals surface area (Å²) in [6, 6.07) is 11.9. The van der Waals surface area contributed by atoms with Crippen molar-refractivity contribution in [3.63, 3.8) is 0 Å². The maximum Gasteiger partial charge on any atom is 0.416 e. The number of hydrogen-bond acceptors (Lipinski definition) is 3. The summed E-state index contributed by atoms with van der Waals surface area (Å²) in [5.74, 6) is -0.495. The molecule has 0 unspecified atom stereocenters. The zero-order chi connectivity index (χ0) is 22.5. The predicted octanol–water partition coefficient (Wildman–Crippen LogP) is 5.58. The first kappa shape index (κ1) is 22.6. The second-order valence-corrected chi connectivity index (χ2v) is 7.52. The molecule has 0 atom stereocenters. The molecule has 0 aliphatic carbocycles. The van der Waals surface area contributed by atoms with Crippen molar-refractivity contribution in [1.29, 1.82) is 0 Å². The number of allylic oxidation sites excluding steroid dienone is 2. The highest BCUT2D eigenvalue weighted by Crippen LogP contribution is 2.34. The van der Waals surface area contributed by atoms with E-state index >= 15 is 0 Å². The van der Waals surface area contributed by atoms with Gasteiger partial charge < -0.3 is 14.6 Å². The van der Waals surface area contributed by atoms with Gasteiger partial charge in [-0.05, 0) is 47.4 Å². The van der Waals surface area contributed by atoms with Crippen LogP contribution in [0.1, 0.15) is 30.0 Å². The van der Waals surface area contributed by atoms with Gasteiger partial charge in [0.1, 0.15) is 5.75 Å². The van der Waals surface area contributed by atoms with Crippen LogP contribution in [0.3, 0.4) is 0 Å². The van der Waals surface area contributed by atoms with Crippen molar-refractivity contribution < 1.29 is 32.5 Å². The van der Waals surface area contributed by atoms with Crippen molar-refractivity contribution in [1.82, 2.24) is 0 Å². The van der Waals surface area contributed by atoms with Crippen LogP contribution in [0.25, 0.3) is 5.57 Å². The number of carboxylic acid groups (broad SMARTS) is 1. The van der Waals surface area contributed by atoms with E-state index in [0.29, 0.717) is 42.3 Å². The normalized spacial score (nSPS) is 16.2. The fraction of sp³-hybridized carbons (Fsp3) is 0.292. The number of ether oxygens (including phenoxy) is 2. The molecule has 0 radical (unpaired) electrons. The predicted molar refractivity (Wildman–Crippen MR) is 111 cm³/mol. The van der Waals surface area contributed by atoms with Gasteiger partial charge in [0.25, 0.3) is 0 Å². The molecule has 0 aromatic heterocycles. The van der Waals surface area contributed by atoms with Crippen molar-refractivity contribution >= 4 is 11.5 Å². The number of carboxylic acids is 1. The third-order valence-electron chi connectivity index (χ3n) is 5.28. The van der Waals surface area contributed by atoms with Crippen LogP contribution in [0.15, 0.2) is 66.8 Å². The molecular weight excluding hydrogens is 409 g/mol. The summed E-state index contributed by atoms with van der Waals surface area (Å²) in [4.78, 5) is 10.8. The molecule has 1 N–H and O–H groups in total. The highest BCUT2D eigenvalue weighted by molar-refractivity contribution is 5.84. The van der Waals surface area contributed by atoms with Crippen LogP contribution in [-0.4, -0.2) is 30.9 Å². The SMILES string of the molecule is CCC1(COc2cccc(C(=CC=CC(=O)O)c3ccc(C(F)(F)F)cc3)c2)COC1. The van der Waals surface area contributed by atoms with Crippen molar-refractivity contribution in [3.05, 3.63) is 83.4 Å². The highest BCUT2D eigenvalue weighted by Gasteiger charge is 2.37. The first-order valence-electron chi connectivity index (χ1n) is 9.82. The van der Waals surface area contributed by atoms with E-state index in [1.165, 1.54) is 18.2 Å². The Labute approximate surface area is 178 Å². The summed E-state index contributed by atoms with van der Waals surface area (Å²) in [5, 5.41) is 8.86. The lowest BCUT2D eigenvalue weighted by molar-refractivity contribution is -0.137. The third-order valence-corrected chi connectivity index (χ3v) is 5.28. The molecule has 7 heteroatoms. The molecule has 0 amide bonds. The molecule has 0 bridgehead atoms. The molecule has 2 aromatic rings. The summed E-state index contributed by atoms with van der Waals surface area (Å²) in [5.41, 5.74) is 1.06. The smallest absolute Gasteiger partial charge is 0.416 e. The van der Waals surface area contributed by atoms with Crippen LogP contribution in [0.5, 0.6) is 5.75 Å². The fourth-order valence-corrected chi connectivity index (χ4v) is 3.19. The lowest BCUT2D eigenvalue weighted by Crippen LogP contribution is -2.46. The Morgan fingerprint density at radius 2 is 1.87 bits per heavy atom. The lowest BCUT2D eigenvalue weighted by atomic mass is 9.84. The monoisotopic (exact) mass is 432 g/mol. The molecule has 0 spiro atoms. The first-order valence-corrected chi connectivity index (χ1v) is 9.82. The molecule has 0 saturated carbocycles. The van der Waals surface area contributed by atoms with Gasteiger partial charge in [0.15, 0.2) is 0 Å². The van der Waals surface area contributed by atoms with E-state index in [2.05, 4.69) is 6.92 Å². The van der Waals surface area contributed by atoms with E-state index in [1.807, 2.05) is 6.07 Å². The van der Waals surface area contributed by atoms with Crippen LogP contribution in [0, 0.1) is 5.41 Å². The van der Waals surface area contributed by atoms with Crippen molar-refractivity contribution in [2.75, 3.05) is 19.8 Å². The Morgan fingerprint density at radius 1 is 1.16 bits per heavy atom. The average Bonchev–Trinajstić information content (AvgIpc) is 2.70. The Balaban J connectivity index is 1.90. The molecule has 4 nitrogen and oxygen atoms in total. The van der Waals surface area contributed by atoms with Gasteiger partial charge in [-0.2, -0.15) is 13.2 Å². The highest BCUT2D eigenvalue weighted by atomic mass is 19.4. The maximum atomic E-state index is 12.9. The summed E-state index contributed by atoms with van der Waals surface area (Å²) < 4.78 is 50.0. The first-order chi connectivity index (χ1) is 14.7. The topological polar surface area (TPSA) is 55.8 Å². The summed E-state index contributed by atoms with van der Waals surface area (Å²) in [6.45, 7) is 3.90. The van der Waals surface area contributed by atoms with Crippen LogP contribution in [0.4, 0.5) is 13.2 Å². The molecule has 3 rings (SSSR count). The third kappa shape index (κ3) is 5.76. The standard InChI is InChI=1S/C24H23F3O4/c1-2-23(14-30-15-23)16-31-20-6-3-5-18(13-20)21(7-4-8-22(28)29)17-9-11-19(12-10-17)24(25,26)27/h3-13H,2,14-16H2,1H3,(H,28,29). The van der Waals surface area contributed by atoms with E-state index < -0.39 is 17.7 Å². The Morgan fingerprint density at radius 3 is 2.42 bits per heavy atom. The number of benzene rings is 2.